The summed E-state index contributed by atoms with van der Waals surface area (Å²) in [5, 5.41) is 19.6. The molecule has 0 bridgehead atoms. The van der Waals surface area contributed by atoms with E-state index in [1.807, 2.05) is 12.2 Å². The Balaban J connectivity index is 1.52. The minimum absolute atomic E-state index is 0.0893. The fraction of sp³-hybridized carbons (Fsp3) is 0.333. The number of fused-ring (bicyclic) bond motifs is 1. The first-order chi connectivity index (χ1) is 15.0. The first kappa shape index (κ1) is 21.1. The van der Waals surface area contributed by atoms with Gasteiger partial charge in [0.2, 0.25) is 6.41 Å². The van der Waals surface area contributed by atoms with Crippen molar-refractivity contribution in [3.05, 3.63) is 35.0 Å². The van der Waals surface area contributed by atoms with Gasteiger partial charge in [0, 0.05) is 11.1 Å². The Labute approximate surface area is 184 Å². The standard InChI is InChI=1S/C18H17N5O6S2/c24-8-19-18-20-10(7-31-18)12(22-29-9-3-1-2-4-9)14(25)21-13-15(26)23-11(17(27)28)5-6-30-16(13)23/h1,3,5,7-9,13,16H,2,4,6H2,(H,21,25)(H,27,28)(H,19,20,24)/t9?,13?,16-/m1/s1. The lowest BCUT2D eigenvalue weighted by molar-refractivity contribution is -0.150. The summed E-state index contributed by atoms with van der Waals surface area (Å²) in [6.07, 6.45) is 7.02. The highest BCUT2D eigenvalue weighted by Gasteiger charge is 2.53. The highest BCUT2D eigenvalue weighted by atomic mass is 32.2. The molecule has 1 saturated heterocycles. The van der Waals surface area contributed by atoms with Crippen LogP contribution in [0.5, 0.6) is 0 Å². The van der Waals surface area contributed by atoms with Gasteiger partial charge in [0.15, 0.2) is 10.8 Å². The van der Waals surface area contributed by atoms with E-state index in [1.165, 1.54) is 23.2 Å². The van der Waals surface area contributed by atoms with E-state index in [4.69, 9.17) is 4.84 Å². The molecule has 13 heteroatoms. The van der Waals surface area contributed by atoms with Crippen molar-refractivity contribution in [2.45, 2.75) is 30.4 Å². The number of amides is 3. The Morgan fingerprint density at radius 2 is 2.26 bits per heavy atom. The fourth-order valence-corrected chi connectivity index (χ4v) is 5.11. The van der Waals surface area contributed by atoms with Crippen molar-refractivity contribution in [2.24, 2.45) is 5.16 Å². The predicted molar refractivity (Wildman–Crippen MR) is 112 cm³/mol. The van der Waals surface area contributed by atoms with Gasteiger partial charge in [-0.1, -0.05) is 11.2 Å². The Kier molecular flexibility index (Phi) is 6.04. The number of allylic oxidation sites excluding steroid dienone is 1. The van der Waals surface area contributed by atoms with Crippen LogP contribution in [0, 0.1) is 0 Å². The number of aromatic nitrogens is 1. The van der Waals surface area contributed by atoms with Gasteiger partial charge in [0.25, 0.3) is 11.8 Å². The molecule has 1 fully saturated rings. The Bertz CT molecular complexity index is 1020. The molecule has 2 aliphatic heterocycles. The number of thioether (sulfide) groups is 1. The zero-order valence-corrected chi connectivity index (χ0v) is 17.5. The number of anilines is 1. The smallest absolute Gasteiger partial charge is 0.352 e. The Morgan fingerprint density at radius 1 is 1.42 bits per heavy atom. The minimum Gasteiger partial charge on any atom is -0.477 e. The predicted octanol–water partition coefficient (Wildman–Crippen LogP) is 0.519. The number of β-lactam (4-membered cyclic amide) rings is 1. The maximum Gasteiger partial charge on any atom is 0.352 e. The lowest BCUT2D eigenvalue weighted by Gasteiger charge is -2.48. The van der Waals surface area contributed by atoms with Crippen LogP contribution in [-0.2, 0) is 24.0 Å². The first-order valence-electron chi connectivity index (χ1n) is 9.25. The van der Waals surface area contributed by atoms with Gasteiger partial charge in [0.1, 0.15) is 28.9 Å². The van der Waals surface area contributed by atoms with Crippen LogP contribution in [0.4, 0.5) is 5.13 Å². The van der Waals surface area contributed by atoms with Crippen LogP contribution in [0.15, 0.2) is 34.5 Å². The van der Waals surface area contributed by atoms with Crippen molar-refractivity contribution in [1.82, 2.24) is 15.2 Å². The molecule has 3 atom stereocenters. The van der Waals surface area contributed by atoms with Gasteiger partial charge in [-0.2, -0.15) is 0 Å². The molecule has 0 radical (unpaired) electrons. The van der Waals surface area contributed by atoms with Crippen LogP contribution in [0.25, 0.3) is 0 Å². The van der Waals surface area contributed by atoms with Crippen molar-refractivity contribution in [2.75, 3.05) is 11.1 Å². The SMILES string of the molecule is O=CNc1nc(C(=NOC2C=CCC2)C(=O)NC2C(=O)N3C(C(=O)O)=CCS[C@H]23)cs1. The number of hydrogen-bond acceptors (Lipinski definition) is 9. The van der Waals surface area contributed by atoms with Gasteiger partial charge in [-0.15, -0.1) is 23.1 Å². The van der Waals surface area contributed by atoms with Gasteiger partial charge in [-0.25, -0.2) is 9.78 Å². The van der Waals surface area contributed by atoms with E-state index in [9.17, 15) is 24.3 Å². The van der Waals surface area contributed by atoms with Crippen LogP contribution in [-0.4, -0.2) is 68.2 Å². The Morgan fingerprint density at radius 3 is 2.97 bits per heavy atom. The lowest BCUT2D eigenvalue weighted by Crippen LogP contribution is -2.70. The van der Waals surface area contributed by atoms with Crippen molar-refractivity contribution in [3.8, 4) is 0 Å². The molecule has 1 aliphatic carbocycles. The molecule has 1 aromatic heterocycles. The molecule has 3 N–H and O–H groups in total. The summed E-state index contributed by atoms with van der Waals surface area (Å²) >= 11 is 2.45. The average Bonchev–Trinajstić information content (AvgIpc) is 3.44. The number of oxime groups is 1. The number of nitrogens with zero attached hydrogens (tertiary/aromatic N) is 3. The van der Waals surface area contributed by atoms with E-state index in [2.05, 4.69) is 20.8 Å². The summed E-state index contributed by atoms with van der Waals surface area (Å²) in [6, 6.07) is -0.900. The maximum absolute atomic E-state index is 13.0. The van der Waals surface area contributed by atoms with E-state index in [0.29, 0.717) is 12.2 Å². The molecule has 3 heterocycles. The highest BCUT2D eigenvalue weighted by Crippen LogP contribution is 2.37. The first-order valence-corrected chi connectivity index (χ1v) is 11.2. The number of carbonyl (C=O) groups excluding carboxylic acids is 3. The quantitative estimate of drug-likeness (QED) is 0.166. The van der Waals surface area contributed by atoms with Gasteiger partial charge in [0.05, 0.1) is 0 Å². The summed E-state index contributed by atoms with van der Waals surface area (Å²) in [7, 11) is 0. The molecular weight excluding hydrogens is 446 g/mol. The zero-order chi connectivity index (χ0) is 22.0. The molecule has 2 unspecified atom stereocenters. The summed E-state index contributed by atoms with van der Waals surface area (Å²) in [5.41, 5.74) is -0.0509. The second-order valence-corrected chi connectivity index (χ2v) is 8.67. The fourth-order valence-electron chi connectivity index (χ4n) is 3.26. The van der Waals surface area contributed by atoms with E-state index < -0.39 is 29.2 Å². The van der Waals surface area contributed by atoms with Crippen molar-refractivity contribution >= 4 is 58.1 Å². The summed E-state index contributed by atoms with van der Waals surface area (Å²) < 4.78 is 0. The summed E-state index contributed by atoms with van der Waals surface area (Å²) in [5.74, 6) is -1.98. The highest BCUT2D eigenvalue weighted by molar-refractivity contribution is 8.00. The number of carboxylic acids is 1. The Hall–Kier alpha value is -3.19. The summed E-state index contributed by atoms with van der Waals surface area (Å²) in [6.45, 7) is 0. The normalized spacial score (nSPS) is 24.7. The van der Waals surface area contributed by atoms with E-state index in [1.54, 1.807) is 0 Å². The molecule has 0 spiro atoms. The van der Waals surface area contributed by atoms with E-state index in [-0.39, 0.29) is 28.3 Å². The number of carboxylic acid groups (broad SMARTS) is 1. The van der Waals surface area contributed by atoms with E-state index in [0.717, 1.165) is 29.1 Å². The average molecular weight is 463 g/mol. The molecule has 1 aromatic rings. The van der Waals surface area contributed by atoms with Gasteiger partial charge in [-0.05, 0) is 25.0 Å². The van der Waals surface area contributed by atoms with Gasteiger partial charge < -0.3 is 20.6 Å². The van der Waals surface area contributed by atoms with Crippen LogP contribution < -0.4 is 10.6 Å². The lowest BCUT2D eigenvalue weighted by atomic mass is 10.0. The van der Waals surface area contributed by atoms with Crippen LogP contribution in [0.3, 0.4) is 0 Å². The minimum atomic E-state index is -1.19. The number of aliphatic carboxylic acids is 1. The number of carbonyl (C=O) groups is 4. The van der Waals surface area contributed by atoms with Crippen molar-refractivity contribution in [3.63, 3.8) is 0 Å². The third-order valence-electron chi connectivity index (χ3n) is 4.74. The van der Waals surface area contributed by atoms with Crippen molar-refractivity contribution < 1.29 is 29.1 Å². The second kappa shape index (κ2) is 8.89. The third-order valence-corrected chi connectivity index (χ3v) is 6.70. The van der Waals surface area contributed by atoms with Crippen LogP contribution in [0.1, 0.15) is 18.5 Å². The number of nitrogens with one attached hydrogen (secondary N) is 2. The molecule has 3 aliphatic rings. The number of hydrogen-bond donors (Lipinski definition) is 3. The third kappa shape index (κ3) is 4.18. The summed E-state index contributed by atoms with van der Waals surface area (Å²) in [4.78, 5) is 58.2. The molecule has 0 aromatic carbocycles. The molecule has 4 rings (SSSR count). The number of thiazole rings is 1. The molecule has 31 heavy (non-hydrogen) atoms. The number of rotatable bonds is 8. The zero-order valence-electron chi connectivity index (χ0n) is 15.9. The topological polar surface area (TPSA) is 150 Å². The second-order valence-electron chi connectivity index (χ2n) is 6.67. The van der Waals surface area contributed by atoms with Gasteiger partial charge >= 0.3 is 5.97 Å². The molecule has 11 nitrogen and oxygen atoms in total. The molecule has 3 amide bonds. The van der Waals surface area contributed by atoms with Crippen molar-refractivity contribution in [1.29, 1.82) is 0 Å². The monoisotopic (exact) mass is 463 g/mol. The largest absolute Gasteiger partial charge is 0.477 e. The van der Waals surface area contributed by atoms with Crippen LogP contribution >= 0.6 is 23.1 Å². The van der Waals surface area contributed by atoms with E-state index >= 15 is 0 Å². The molecule has 0 saturated carbocycles. The van der Waals surface area contributed by atoms with Crippen LogP contribution in [0.2, 0.25) is 0 Å². The molecule has 162 valence electrons. The maximum atomic E-state index is 13.0. The molecular formula is C18H17N5O6S2. The van der Waals surface area contributed by atoms with Gasteiger partial charge in [-0.3, -0.25) is 19.3 Å².